The summed E-state index contributed by atoms with van der Waals surface area (Å²) in [5.41, 5.74) is 0.364. The minimum Gasteiger partial charge on any atom is -0.393 e. The van der Waals surface area contributed by atoms with Crippen LogP contribution in [0.15, 0.2) is 36.5 Å². The summed E-state index contributed by atoms with van der Waals surface area (Å²) >= 11 is 0. The fourth-order valence-corrected chi connectivity index (χ4v) is 2.80. The Hall–Kier alpha value is -2.25. The summed E-state index contributed by atoms with van der Waals surface area (Å²) in [5.74, 6) is -0.491. The Labute approximate surface area is 132 Å². The van der Waals surface area contributed by atoms with Crippen molar-refractivity contribution in [1.29, 1.82) is 0 Å². The highest BCUT2D eigenvalue weighted by molar-refractivity contribution is 5.92. The summed E-state index contributed by atoms with van der Waals surface area (Å²) in [4.78, 5) is 14.1. The van der Waals surface area contributed by atoms with Gasteiger partial charge in [-0.2, -0.15) is 5.10 Å². The van der Waals surface area contributed by atoms with Crippen LogP contribution in [0.1, 0.15) is 16.1 Å². The third kappa shape index (κ3) is 3.40. The predicted molar refractivity (Wildman–Crippen MR) is 80.4 cm³/mol. The average Bonchev–Trinajstić information content (AvgIpc) is 3.11. The fraction of sp³-hybridized carbons (Fsp3) is 0.375. The van der Waals surface area contributed by atoms with E-state index in [0.29, 0.717) is 25.3 Å². The van der Waals surface area contributed by atoms with E-state index in [2.05, 4.69) is 10.2 Å². The highest BCUT2D eigenvalue weighted by atomic mass is 19.1. The monoisotopic (exact) mass is 319 g/mol. The minimum absolute atomic E-state index is 0.178. The van der Waals surface area contributed by atoms with Gasteiger partial charge in [0.2, 0.25) is 0 Å². The van der Waals surface area contributed by atoms with Gasteiger partial charge in [-0.05, 0) is 23.8 Å². The van der Waals surface area contributed by atoms with Gasteiger partial charge >= 0.3 is 0 Å². The van der Waals surface area contributed by atoms with E-state index in [1.165, 1.54) is 18.3 Å². The molecule has 1 aromatic carbocycles. The fourth-order valence-electron chi connectivity index (χ4n) is 2.80. The van der Waals surface area contributed by atoms with Gasteiger partial charge in [0.15, 0.2) is 0 Å². The first-order valence-corrected chi connectivity index (χ1v) is 7.40. The molecule has 122 valence electrons. The summed E-state index contributed by atoms with van der Waals surface area (Å²) < 4.78 is 18.8. The first kappa shape index (κ1) is 15.6. The van der Waals surface area contributed by atoms with Crippen molar-refractivity contribution < 1.29 is 19.0 Å². The summed E-state index contributed by atoms with van der Waals surface area (Å²) in [7, 11) is 0. The van der Waals surface area contributed by atoms with Crippen LogP contribution in [-0.4, -0.2) is 58.0 Å². The van der Waals surface area contributed by atoms with E-state index < -0.39 is 5.60 Å². The standard InChI is InChI=1S/C16H18FN3O3/c17-13-3-1-12(2-4-13)9-16(11-21)10-20(7-8-23-16)15(22)14-5-6-18-19-14/h1-6,21H,7-11H2,(H,18,19). The predicted octanol–water partition coefficient (Wildman–Crippen LogP) is 0.995. The molecule has 0 spiro atoms. The van der Waals surface area contributed by atoms with Crippen molar-refractivity contribution in [3.05, 3.63) is 53.6 Å². The van der Waals surface area contributed by atoms with Crippen molar-refractivity contribution in [2.75, 3.05) is 26.3 Å². The number of aliphatic hydroxyl groups excluding tert-OH is 1. The molecule has 1 aliphatic rings. The second kappa shape index (κ2) is 6.47. The molecular formula is C16H18FN3O3. The van der Waals surface area contributed by atoms with Gasteiger partial charge in [-0.1, -0.05) is 12.1 Å². The molecule has 1 amide bonds. The maximum Gasteiger partial charge on any atom is 0.272 e. The summed E-state index contributed by atoms with van der Waals surface area (Å²) in [5, 5.41) is 16.3. The lowest BCUT2D eigenvalue weighted by Crippen LogP contribution is -2.56. The van der Waals surface area contributed by atoms with Crippen LogP contribution in [0, 0.1) is 5.82 Å². The zero-order valence-electron chi connectivity index (χ0n) is 12.5. The number of morpholine rings is 1. The maximum absolute atomic E-state index is 13.0. The van der Waals surface area contributed by atoms with Gasteiger partial charge in [0.25, 0.3) is 5.91 Å². The largest absolute Gasteiger partial charge is 0.393 e. The van der Waals surface area contributed by atoms with E-state index >= 15 is 0 Å². The third-order valence-electron chi connectivity index (χ3n) is 3.99. The van der Waals surface area contributed by atoms with E-state index in [4.69, 9.17) is 4.74 Å². The molecule has 23 heavy (non-hydrogen) atoms. The lowest BCUT2D eigenvalue weighted by Gasteiger charge is -2.41. The SMILES string of the molecule is O=C(c1ccn[nH]1)N1CCOC(CO)(Cc2ccc(F)cc2)C1. The Morgan fingerprint density at radius 2 is 2.17 bits per heavy atom. The maximum atomic E-state index is 13.0. The van der Waals surface area contributed by atoms with Crippen molar-refractivity contribution in [3.63, 3.8) is 0 Å². The van der Waals surface area contributed by atoms with Gasteiger partial charge < -0.3 is 14.7 Å². The van der Waals surface area contributed by atoms with E-state index in [1.54, 1.807) is 23.1 Å². The first-order valence-electron chi connectivity index (χ1n) is 7.40. The van der Waals surface area contributed by atoms with Crippen LogP contribution in [0.4, 0.5) is 4.39 Å². The number of aliphatic hydroxyl groups is 1. The van der Waals surface area contributed by atoms with Crippen LogP contribution in [0.25, 0.3) is 0 Å². The molecule has 6 nitrogen and oxygen atoms in total. The number of halogens is 1. The Morgan fingerprint density at radius 1 is 1.39 bits per heavy atom. The number of carbonyl (C=O) groups excluding carboxylic acids is 1. The molecule has 3 rings (SSSR count). The van der Waals surface area contributed by atoms with E-state index in [9.17, 15) is 14.3 Å². The van der Waals surface area contributed by atoms with Gasteiger partial charge in [-0.3, -0.25) is 9.89 Å². The zero-order valence-corrected chi connectivity index (χ0v) is 12.5. The van der Waals surface area contributed by atoms with Gasteiger partial charge in [0.1, 0.15) is 17.1 Å². The van der Waals surface area contributed by atoms with E-state index in [0.717, 1.165) is 5.56 Å². The van der Waals surface area contributed by atoms with Crippen molar-refractivity contribution in [3.8, 4) is 0 Å². The third-order valence-corrected chi connectivity index (χ3v) is 3.99. The van der Waals surface area contributed by atoms with E-state index in [1.807, 2.05) is 0 Å². The summed E-state index contributed by atoms with van der Waals surface area (Å²) in [6, 6.07) is 7.67. The molecular weight excluding hydrogens is 301 g/mol. The van der Waals surface area contributed by atoms with Gasteiger partial charge in [0, 0.05) is 19.2 Å². The molecule has 2 heterocycles. The number of aromatic nitrogens is 2. The molecule has 1 aliphatic heterocycles. The number of nitrogens with one attached hydrogen (secondary N) is 1. The Kier molecular flexibility index (Phi) is 4.40. The van der Waals surface area contributed by atoms with Crippen LogP contribution in [0.3, 0.4) is 0 Å². The highest BCUT2D eigenvalue weighted by Gasteiger charge is 2.38. The molecule has 0 saturated carbocycles. The van der Waals surface area contributed by atoms with Gasteiger partial charge in [-0.15, -0.1) is 0 Å². The number of aromatic amines is 1. The van der Waals surface area contributed by atoms with Crippen LogP contribution >= 0.6 is 0 Å². The molecule has 1 unspecified atom stereocenters. The molecule has 1 saturated heterocycles. The molecule has 0 bridgehead atoms. The molecule has 1 aromatic heterocycles. The minimum atomic E-state index is -0.883. The quantitative estimate of drug-likeness (QED) is 0.881. The van der Waals surface area contributed by atoms with Crippen LogP contribution in [-0.2, 0) is 11.2 Å². The Balaban J connectivity index is 1.76. The molecule has 1 fully saturated rings. The Morgan fingerprint density at radius 3 is 2.83 bits per heavy atom. The van der Waals surface area contributed by atoms with Crippen molar-refractivity contribution in [2.24, 2.45) is 0 Å². The number of benzene rings is 1. The lowest BCUT2D eigenvalue weighted by atomic mass is 9.93. The van der Waals surface area contributed by atoms with Crippen molar-refractivity contribution in [2.45, 2.75) is 12.0 Å². The van der Waals surface area contributed by atoms with Crippen LogP contribution in [0.2, 0.25) is 0 Å². The van der Waals surface area contributed by atoms with E-state index in [-0.39, 0.29) is 24.9 Å². The topological polar surface area (TPSA) is 78.5 Å². The van der Waals surface area contributed by atoms with Gasteiger partial charge in [0.05, 0.1) is 19.8 Å². The Bertz CT molecular complexity index is 660. The number of hydrogen-bond acceptors (Lipinski definition) is 4. The second-order valence-electron chi connectivity index (χ2n) is 5.69. The van der Waals surface area contributed by atoms with Crippen LogP contribution < -0.4 is 0 Å². The first-order chi connectivity index (χ1) is 11.1. The number of ether oxygens (including phenoxy) is 1. The number of rotatable bonds is 4. The number of carbonyl (C=O) groups is 1. The molecule has 0 radical (unpaired) electrons. The molecule has 7 heteroatoms. The van der Waals surface area contributed by atoms with Gasteiger partial charge in [-0.25, -0.2) is 4.39 Å². The number of nitrogens with zero attached hydrogens (tertiary/aromatic N) is 2. The highest BCUT2D eigenvalue weighted by Crippen LogP contribution is 2.24. The molecule has 0 aliphatic carbocycles. The number of hydrogen-bond donors (Lipinski definition) is 2. The second-order valence-corrected chi connectivity index (χ2v) is 5.69. The summed E-state index contributed by atoms with van der Waals surface area (Å²) in [6.45, 7) is 0.820. The summed E-state index contributed by atoms with van der Waals surface area (Å²) in [6.07, 6.45) is 1.92. The zero-order chi connectivity index (χ0) is 16.3. The van der Waals surface area contributed by atoms with Crippen molar-refractivity contribution >= 4 is 5.91 Å². The molecule has 1 atom stereocenters. The lowest BCUT2D eigenvalue weighted by molar-refractivity contribution is -0.123. The normalized spacial score (nSPS) is 21.4. The average molecular weight is 319 g/mol. The molecule has 2 aromatic rings. The number of amides is 1. The van der Waals surface area contributed by atoms with Crippen LogP contribution in [0.5, 0.6) is 0 Å². The number of H-pyrrole nitrogens is 1. The molecule has 2 N–H and O–H groups in total. The smallest absolute Gasteiger partial charge is 0.272 e. The van der Waals surface area contributed by atoms with Crippen molar-refractivity contribution in [1.82, 2.24) is 15.1 Å².